The Morgan fingerprint density at radius 1 is 1.26 bits per heavy atom. The molecule has 1 N–H and O–H groups in total. The molecular weight excluding hydrogens is 370 g/mol. The average Bonchev–Trinajstić information content (AvgIpc) is 3.30. The second-order valence-corrected chi connectivity index (χ2v) is 8.88. The van der Waals surface area contributed by atoms with E-state index in [1.165, 1.54) is 16.9 Å². The second-order valence-electron chi connectivity index (χ2n) is 6.89. The molecule has 2 heterocycles. The largest absolute Gasteiger partial charge is 0.503 e. The summed E-state index contributed by atoms with van der Waals surface area (Å²) < 4.78 is 25.8. The van der Waals surface area contributed by atoms with Gasteiger partial charge in [-0.2, -0.15) is 5.10 Å². The van der Waals surface area contributed by atoms with Gasteiger partial charge in [0.15, 0.2) is 15.6 Å². The molecule has 8 nitrogen and oxygen atoms in total. The average molecular weight is 389 g/mol. The number of sulfone groups is 1. The maximum atomic E-state index is 12.4. The molecule has 0 saturated heterocycles. The Kier molecular flexibility index (Phi) is 4.06. The fourth-order valence-electron chi connectivity index (χ4n) is 3.36. The molecule has 2 aliphatic rings. The van der Waals surface area contributed by atoms with Gasteiger partial charge in [-0.25, -0.2) is 13.1 Å². The fourth-order valence-corrected chi connectivity index (χ4v) is 4.32. The molecule has 9 heteroatoms. The van der Waals surface area contributed by atoms with E-state index in [0.717, 1.165) is 19.1 Å². The Morgan fingerprint density at radius 3 is 2.59 bits per heavy atom. The number of nitrogens with zero attached hydrogens (tertiary/aromatic N) is 3. The van der Waals surface area contributed by atoms with Gasteiger partial charge < -0.3 is 9.94 Å². The molecule has 1 aliphatic carbocycles. The molecule has 0 bridgehead atoms. The molecule has 0 radical (unpaired) electrons. The standard InChI is InChI=1S/C18H19N3O5S/c1-10-12(13-9-19-21(11-3-4-11)18(23)17(13)22)5-6-15(27(2,24)25)16(10)14-7-8-26-20-14/h5-6,9,11,22H,3-4,7-8H2,1-2H3. The van der Waals surface area contributed by atoms with E-state index < -0.39 is 15.4 Å². The number of aromatic hydroxyl groups is 1. The molecule has 1 aliphatic heterocycles. The van der Waals surface area contributed by atoms with Crippen molar-refractivity contribution in [2.45, 2.75) is 37.1 Å². The minimum atomic E-state index is -3.50. The minimum absolute atomic E-state index is 0.0479. The van der Waals surface area contributed by atoms with E-state index >= 15 is 0 Å². The summed E-state index contributed by atoms with van der Waals surface area (Å²) in [4.78, 5) is 17.6. The zero-order chi connectivity index (χ0) is 19.3. The van der Waals surface area contributed by atoms with E-state index in [4.69, 9.17) is 4.84 Å². The smallest absolute Gasteiger partial charge is 0.309 e. The van der Waals surface area contributed by atoms with Crippen molar-refractivity contribution in [3.05, 3.63) is 39.8 Å². The third kappa shape index (κ3) is 3.01. The Bertz CT molecular complexity index is 1130. The summed E-state index contributed by atoms with van der Waals surface area (Å²) in [6, 6.07) is 3.11. The van der Waals surface area contributed by atoms with Crippen molar-refractivity contribution in [3.8, 4) is 16.9 Å². The second kappa shape index (κ2) is 6.19. The highest BCUT2D eigenvalue weighted by molar-refractivity contribution is 7.90. The van der Waals surface area contributed by atoms with Crippen LogP contribution in [0.5, 0.6) is 5.75 Å². The first-order valence-corrected chi connectivity index (χ1v) is 10.5. The van der Waals surface area contributed by atoms with Crippen LogP contribution in [0.15, 0.2) is 33.2 Å². The molecule has 1 aromatic carbocycles. The van der Waals surface area contributed by atoms with Gasteiger partial charge in [0.25, 0.3) is 0 Å². The Balaban J connectivity index is 1.94. The first-order chi connectivity index (χ1) is 12.8. The number of oxime groups is 1. The number of aromatic nitrogens is 2. The minimum Gasteiger partial charge on any atom is -0.503 e. The lowest BCUT2D eigenvalue weighted by Crippen LogP contribution is -2.21. The summed E-state index contributed by atoms with van der Waals surface area (Å²) in [6.07, 6.45) is 4.82. The maximum Gasteiger partial charge on any atom is 0.309 e. The molecule has 27 heavy (non-hydrogen) atoms. The zero-order valence-electron chi connectivity index (χ0n) is 15.0. The third-order valence-electron chi connectivity index (χ3n) is 4.88. The van der Waals surface area contributed by atoms with Crippen LogP contribution in [0, 0.1) is 6.92 Å². The van der Waals surface area contributed by atoms with Crippen molar-refractivity contribution in [2.24, 2.45) is 5.16 Å². The number of benzene rings is 1. The van der Waals surface area contributed by atoms with Gasteiger partial charge >= 0.3 is 5.56 Å². The van der Waals surface area contributed by atoms with Crippen LogP contribution in [0.1, 0.15) is 36.4 Å². The van der Waals surface area contributed by atoms with Gasteiger partial charge in [0.05, 0.1) is 22.8 Å². The van der Waals surface area contributed by atoms with Crippen LogP contribution in [0.2, 0.25) is 0 Å². The highest BCUT2D eigenvalue weighted by atomic mass is 32.2. The molecule has 1 saturated carbocycles. The van der Waals surface area contributed by atoms with Crippen molar-refractivity contribution in [1.82, 2.24) is 9.78 Å². The molecule has 0 amide bonds. The molecule has 4 rings (SSSR count). The quantitative estimate of drug-likeness (QED) is 0.853. The van der Waals surface area contributed by atoms with Crippen LogP contribution in [0.3, 0.4) is 0 Å². The van der Waals surface area contributed by atoms with Gasteiger partial charge in [0.2, 0.25) is 0 Å². The predicted molar refractivity (Wildman–Crippen MR) is 98.8 cm³/mol. The van der Waals surface area contributed by atoms with Crippen molar-refractivity contribution in [1.29, 1.82) is 0 Å². The maximum absolute atomic E-state index is 12.4. The van der Waals surface area contributed by atoms with Crippen LogP contribution < -0.4 is 5.56 Å². The summed E-state index contributed by atoms with van der Waals surface area (Å²) >= 11 is 0. The Labute approximate surface area is 156 Å². The molecule has 1 fully saturated rings. The van der Waals surface area contributed by atoms with E-state index in [9.17, 15) is 18.3 Å². The monoisotopic (exact) mass is 389 g/mol. The summed E-state index contributed by atoms with van der Waals surface area (Å²) in [5, 5.41) is 18.6. The summed E-state index contributed by atoms with van der Waals surface area (Å²) in [7, 11) is -3.50. The lowest BCUT2D eigenvalue weighted by atomic mass is 9.94. The first kappa shape index (κ1) is 17.7. The van der Waals surface area contributed by atoms with E-state index in [1.54, 1.807) is 13.0 Å². The summed E-state index contributed by atoms with van der Waals surface area (Å²) in [6.45, 7) is 2.12. The van der Waals surface area contributed by atoms with Crippen LogP contribution in [-0.2, 0) is 14.7 Å². The van der Waals surface area contributed by atoms with E-state index in [1.807, 2.05) is 0 Å². The topological polar surface area (TPSA) is 111 Å². The van der Waals surface area contributed by atoms with Crippen molar-refractivity contribution in [3.63, 3.8) is 0 Å². The normalized spacial score (nSPS) is 16.9. The Hall–Kier alpha value is -2.68. The van der Waals surface area contributed by atoms with Crippen LogP contribution in [0.4, 0.5) is 0 Å². The summed E-state index contributed by atoms with van der Waals surface area (Å²) in [5.74, 6) is -0.386. The molecule has 1 aromatic heterocycles. The predicted octanol–water partition coefficient (Wildman–Crippen LogP) is 1.79. The molecular formula is C18H19N3O5S. The third-order valence-corrected chi connectivity index (χ3v) is 6.02. The van der Waals surface area contributed by atoms with Gasteiger partial charge in [-0.3, -0.25) is 4.79 Å². The molecule has 0 spiro atoms. The van der Waals surface area contributed by atoms with Gasteiger partial charge in [0.1, 0.15) is 6.61 Å². The van der Waals surface area contributed by atoms with Crippen molar-refractivity contribution >= 4 is 15.5 Å². The van der Waals surface area contributed by atoms with Gasteiger partial charge in [-0.15, -0.1) is 0 Å². The van der Waals surface area contributed by atoms with Gasteiger partial charge in [-0.05, 0) is 37.0 Å². The lowest BCUT2D eigenvalue weighted by Gasteiger charge is -2.16. The summed E-state index contributed by atoms with van der Waals surface area (Å²) in [5.41, 5.74) is 1.87. The van der Waals surface area contributed by atoms with E-state index in [-0.39, 0.29) is 22.3 Å². The van der Waals surface area contributed by atoms with E-state index in [0.29, 0.717) is 35.4 Å². The van der Waals surface area contributed by atoms with Crippen LogP contribution in [0.25, 0.3) is 11.1 Å². The lowest BCUT2D eigenvalue weighted by molar-refractivity contribution is 0.174. The fraction of sp³-hybridized carbons (Fsp3) is 0.389. The highest BCUT2D eigenvalue weighted by Gasteiger charge is 2.29. The van der Waals surface area contributed by atoms with Gasteiger partial charge in [-0.1, -0.05) is 11.2 Å². The molecule has 0 unspecified atom stereocenters. The SMILES string of the molecule is Cc1c(-c2cnn(C3CC3)c(=O)c2O)ccc(S(C)(=O)=O)c1C1=NOCC1. The van der Waals surface area contributed by atoms with E-state index in [2.05, 4.69) is 10.3 Å². The zero-order valence-corrected chi connectivity index (χ0v) is 15.8. The number of hydrogen-bond donors (Lipinski definition) is 1. The van der Waals surface area contributed by atoms with Crippen LogP contribution in [-0.4, -0.2) is 41.9 Å². The Morgan fingerprint density at radius 2 is 2.00 bits per heavy atom. The van der Waals surface area contributed by atoms with Crippen molar-refractivity contribution < 1.29 is 18.4 Å². The molecule has 2 aromatic rings. The first-order valence-electron chi connectivity index (χ1n) is 8.63. The van der Waals surface area contributed by atoms with Crippen LogP contribution >= 0.6 is 0 Å². The van der Waals surface area contributed by atoms with Gasteiger partial charge in [0, 0.05) is 23.8 Å². The van der Waals surface area contributed by atoms with Crippen molar-refractivity contribution in [2.75, 3.05) is 12.9 Å². The highest BCUT2D eigenvalue weighted by Crippen LogP contribution is 2.37. The number of rotatable bonds is 4. The molecule has 0 atom stereocenters. The molecule has 142 valence electrons. The number of hydrogen-bond acceptors (Lipinski definition) is 7.